The van der Waals surface area contributed by atoms with Gasteiger partial charge >= 0.3 is 0 Å². The van der Waals surface area contributed by atoms with E-state index in [0.717, 1.165) is 12.8 Å². The third-order valence-corrected chi connectivity index (χ3v) is 6.21. The first kappa shape index (κ1) is 17.8. The molecule has 0 spiro atoms. The number of halogens is 1. The summed E-state index contributed by atoms with van der Waals surface area (Å²) in [6.45, 7) is 0.318. The summed E-state index contributed by atoms with van der Waals surface area (Å²) >= 11 is 5.83. The fraction of sp³-hybridized carbons (Fsp3) is 0.294. The van der Waals surface area contributed by atoms with Crippen LogP contribution in [0.25, 0.3) is 0 Å². The zero-order valence-corrected chi connectivity index (χ0v) is 15.0. The number of aromatic nitrogens is 1. The van der Waals surface area contributed by atoms with E-state index in [1.165, 1.54) is 16.4 Å². The van der Waals surface area contributed by atoms with Crippen LogP contribution in [0, 0.1) is 0 Å². The van der Waals surface area contributed by atoms with Crippen LogP contribution in [0.5, 0.6) is 0 Å². The summed E-state index contributed by atoms with van der Waals surface area (Å²) in [6.07, 6.45) is 1.99. The lowest BCUT2D eigenvalue weighted by Crippen LogP contribution is -2.49. The number of nitrogens with zero attached hydrogens (tertiary/aromatic N) is 2. The van der Waals surface area contributed by atoms with Gasteiger partial charge in [-0.3, -0.25) is 4.79 Å². The van der Waals surface area contributed by atoms with E-state index in [1.54, 1.807) is 36.4 Å². The van der Waals surface area contributed by atoms with Gasteiger partial charge in [-0.1, -0.05) is 42.3 Å². The number of nitrogens with one attached hydrogen (secondary N) is 1. The number of carbonyl (C=O) groups is 1. The summed E-state index contributed by atoms with van der Waals surface area (Å²) < 4.78 is 27.1. The molecule has 1 saturated heterocycles. The smallest absolute Gasteiger partial charge is 0.243 e. The molecular weight excluding hydrogens is 362 g/mol. The van der Waals surface area contributed by atoms with Gasteiger partial charge in [-0.15, -0.1) is 0 Å². The number of rotatable bonds is 4. The Labute approximate surface area is 151 Å². The van der Waals surface area contributed by atoms with E-state index in [2.05, 4.69) is 10.3 Å². The maximum atomic E-state index is 12.9. The highest BCUT2D eigenvalue weighted by molar-refractivity contribution is 7.89. The fourth-order valence-corrected chi connectivity index (χ4v) is 4.71. The van der Waals surface area contributed by atoms with E-state index in [4.69, 9.17) is 11.6 Å². The molecule has 25 heavy (non-hydrogen) atoms. The largest absolute Gasteiger partial charge is 0.309 e. The number of sulfonamides is 1. The van der Waals surface area contributed by atoms with Gasteiger partial charge in [-0.05, 0) is 37.1 Å². The summed E-state index contributed by atoms with van der Waals surface area (Å²) in [7, 11) is -3.73. The molecule has 0 radical (unpaired) electrons. The predicted octanol–water partition coefficient (Wildman–Crippen LogP) is 2.92. The van der Waals surface area contributed by atoms with Crippen molar-refractivity contribution >= 4 is 33.3 Å². The summed E-state index contributed by atoms with van der Waals surface area (Å²) in [4.78, 5) is 16.9. The van der Waals surface area contributed by atoms with E-state index in [-0.39, 0.29) is 10.0 Å². The van der Waals surface area contributed by atoms with Crippen molar-refractivity contribution in [2.45, 2.75) is 30.2 Å². The van der Waals surface area contributed by atoms with Crippen molar-refractivity contribution in [3.05, 3.63) is 53.7 Å². The van der Waals surface area contributed by atoms with Gasteiger partial charge in [0.05, 0.1) is 4.90 Å². The zero-order chi connectivity index (χ0) is 17.9. The van der Waals surface area contributed by atoms with Crippen molar-refractivity contribution in [1.29, 1.82) is 0 Å². The van der Waals surface area contributed by atoms with Crippen LogP contribution >= 0.6 is 11.6 Å². The number of benzene rings is 1. The number of amides is 1. The lowest BCUT2D eigenvalue weighted by Gasteiger charge is -2.33. The quantitative estimate of drug-likeness (QED) is 0.828. The number of hydrogen-bond acceptors (Lipinski definition) is 4. The van der Waals surface area contributed by atoms with Crippen LogP contribution in [0.4, 0.5) is 5.82 Å². The van der Waals surface area contributed by atoms with Gasteiger partial charge in [0.2, 0.25) is 15.9 Å². The first-order valence-electron chi connectivity index (χ1n) is 7.99. The summed E-state index contributed by atoms with van der Waals surface area (Å²) in [5, 5.41) is 2.92. The Morgan fingerprint density at radius 3 is 2.60 bits per heavy atom. The van der Waals surface area contributed by atoms with Crippen molar-refractivity contribution in [1.82, 2.24) is 9.29 Å². The Bertz CT molecular complexity index is 858. The van der Waals surface area contributed by atoms with Crippen molar-refractivity contribution in [2.24, 2.45) is 0 Å². The third kappa shape index (κ3) is 4.00. The Morgan fingerprint density at radius 1 is 1.12 bits per heavy atom. The van der Waals surface area contributed by atoms with Crippen LogP contribution in [-0.2, 0) is 14.8 Å². The topological polar surface area (TPSA) is 79.4 Å². The highest BCUT2D eigenvalue weighted by Crippen LogP contribution is 2.26. The SMILES string of the molecule is O=C(Nc1cccc(Cl)n1)C1CCCCN1S(=O)(=O)c1ccccc1. The van der Waals surface area contributed by atoms with Crippen molar-refractivity contribution < 1.29 is 13.2 Å². The van der Waals surface area contributed by atoms with E-state index < -0.39 is 22.0 Å². The minimum Gasteiger partial charge on any atom is -0.309 e. The minimum atomic E-state index is -3.73. The molecule has 1 aliphatic rings. The minimum absolute atomic E-state index is 0.190. The normalized spacial score (nSPS) is 18.7. The molecule has 1 aromatic carbocycles. The molecule has 1 aliphatic heterocycles. The average molecular weight is 380 g/mol. The summed E-state index contributed by atoms with van der Waals surface area (Å²) in [6, 6.07) is 12.3. The predicted molar refractivity (Wildman–Crippen MR) is 95.8 cm³/mol. The van der Waals surface area contributed by atoms with Crippen LogP contribution in [0.2, 0.25) is 5.15 Å². The maximum Gasteiger partial charge on any atom is 0.243 e. The van der Waals surface area contributed by atoms with Gasteiger partial charge in [0.15, 0.2) is 0 Å². The first-order chi connectivity index (χ1) is 12.0. The highest BCUT2D eigenvalue weighted by atomic mass is 35.5. The number of anilines is 1. The monoisotopic (exact) mass is 379 g/mol. The molecule has 6 nitrogen and oxygen atoms in total. The molecule has 8 heteroatoms. The van der Waals surface area contributed by atoms with Crippen LogP contribution < -0.4 is 5.32 Å². The number of hydrogen-bond donors (Lipinski definition) is 1. The molecule has 0 bridgehead atoms. The van der Waals surface area contributed by atoms with E-state index in [0.29, 0.717) is 18.8 Å². The second-order valence-electron chi connectivity index (χ2n) is 5.78. The molecule has 1 unspecified atom stereocenters. The molecular formula is C17H18ClN3O3S. The van der Waals surface area contributed by atoms with Crippen LogP contribution in [0.15, 0.2) is 53.4 Å². The maximum absolute atomic E-state index is 12.9. The van der Waals surface area contributed by atoms with Crippen molar-refractivity contribution in [2.75, 3.05) is 11.9 Å². The molecule has 2 heterocycles. The summed E-state index contributed by atoms with van der Waals surface area (Å²) in [5.74, 6) is -0.0888. The van der Waals surface area contributed by atoms with E-state index in [9.17, 15) is 13.2 Å². The molecule has 132 valence electrons. The Hall–Kier alpha value is -1.96. The lowest BCUT2D eigenvalue weighted by atomic mass is 10.0. The van der Waals surface area contributed by atoms with Crippen LogP contribution in [-0.4, -0.2) is 36.2 Å². The molecule has 1 amide bonds. The summed E-state index contributed by atoms with van der Waals surface area (Å²) in [5.41, 5.74) is 0. The molecule has 1 N–H and O–H groups in total. The van der Waals surface area contributed by atoms with Crippen LogP contribution in [0.1, 0.15) is 19.3 Å². The Kier molecular flexibility index (Phi) is 5.36. The third-order valence-electron chi connectivity index (χ3n) is 4.07. The van der Waals surface area contributed by atoms with Gasteiger partial charge in [-0.2, -0.15) is 4.31 Å². The highest BCUT2D eigenvalue weighted by Gasteiger charge is 2.37. The van der Waals surface area contributed by atoms with Gasteiger partial charge in [-0.25, -0.2) is 13.4 Å². The van der Waals surface area contributed by atoms with E-state index in [1.807, 2.05) is 0 Å². The van der Waals surface area contributed by atoms with Crippen LogP contribution in [0.3, 0.4) is 0 Å². The first-order valence-corrected chi connectivity index (χ1v) is 9.80. The van der Waals surface area contributed by atoms with Crippen molar-refractivity contribution in [3.63, 3.8) is 0 Å². The number of carbonyl (C=O) groups excluding carboxylic acids is 1. The molecule has 0 aliphatic carbocycles. The van der Waals surface area contributed by atoms with Gasteiger partial charge in [0, 0.05) is 6.54 Å². The molecule has 1 fully saturated rings. The number of pyridine rings is 1. The average Bonchev–Trinajstić information content (AvgIpc) is 2.62. The molecule has 3 rings (SSSR count). The standard InChI is InChI=1S/C17H18ClN3O3S/c18-15-10-6-11-16(19-15)20-17(22)14-9-4-5-12-21(14)25(23,24)13-7-2-1-3-8-13/h1-3,6-8,10-11,14H,4-5,9,12H2,(H,19,20,22). The Balaban J connectivity index is 1.84. The fourth-order valence-electron chi connectivity index (χ4n) is 2.87. The molecule has 1 aromatic heterocycles. The Morgan fingerprint density at radius 2 is 1.88 bits per heavy atom. The molecule has 1 atom stereocenters. The molecule has 2 aromatic rings. The zero-order valence-electron chi connectivity index (χ0n) is 13.4. The van der Waals surface area contributed by atoms with E-state index >= 15 is 0 Å². The van der Waals surface area contributed by atoms with Gasteiger partial charge in [0.25, 0.3) is 0 Å². The van der Waals surface area contributed by atoms with Gasteiger partial charge in [0.1, 0.15) is 17.0 Å². The molecule has 0 saturated carbocycles. The lowest BCUT2D eigenvalue weighted by molar-refractivity contribution is -0.120. The second-order valence-corrected chi connectivity index (χ2v) is 8.05. The second kappa shape index (κ2) is 7.51. The number of piperidine rings is 1. The van der Waals surface area contributed by atoms with Crippen molar-refractivity contribution in [3.8, 4) is 0 Å². The van der Waals surface area contributed by atoms with Gasteiger partial charge < -0.3 is 5.32 Å².